The average molecular weight is 398 g/mol. The maximum atomic E-state index is 12.4. The second-order valence-corrected chi connectivity index (χ2v) is 6.44. The highest BCUT2D eigenvalue weighted by Gasteiger charge is 2.09. The number of hydrogen-bond donors (Lipinski definition) is 1. The number of rotatable bonds is 6. The number of nitrogens with one attached hydrogen (secondary N) is 1. The lowest BCUT2D eigenvalue weighted by molar-refractivity contribution is -0.117. The molecule has 1 amide bonds. The minimum absolute atomic E-state index is 0.194. The van der Waals surface area contributed by atoms with E-state index in [9.17, 15) is 9.59 Å². The number of aromatic nitrogens is 3. The number of hydrogen-bond acceptors (Lipinski definition) is 5. The van der Waals surface area contributed by atoms with Crippen molar-refractivity contribution in [3.05, 3.63) is 102 Å². The van der Waals surface area contributed by atoms with Crippen molar-refractivity contribution in [1.82, 2.24) is 14.8 Å². The first kappa shape index (κ1) is 19.1. The molecule has 2 heterocycles. The standard InChI is InChI=1S/C23H18N4O3/c28-22(16-27-23(29)11-10-21(26-27)17-12-14-24-15-13-17)25-18-6-8-20(9-7-18)30-19-4-2-1-3-5-19/h1-15H,16H2,(H,25,28). The van der Waals surface area contributed by atoms with E-state index in [0.29, 0.717) is 17.1 Å². The number of carbonyl (C=O) groups is 1. The zero-order valence-corrected chi connectivity index (χ0v) is 15.9. The lowest BCUT2D eigenvalue weighted by atomic mass is 10.2. The quantitative estimate of drug-likeness (QED) is 0.535. The van der Waals surface area contributed by atoms with Crippen molar-refractivity contribution in [2.24, 2.45) is 0 Å². The predicted molar refractivity (Wildman–Crippen MR) is 113 cm³/mol. The molecule has 4 rings (SSSR count). The van der Waals surface area contributed by atoms with Gasteiger partial charge in [-0.1, -0.05) is 18.2 Å². The Morgan fingerprint density at radius 3 is 2.30 bits per heavy atom. The van der Waals surface area contributed by atoms with Crippen LogP contribution in [0.5, 0.6) is 11.5 Å². The Morgan fingerprint density at radius 1 is 0.867 bits per heavy atom. The van der Waals surface area contributed by atoms with Gasteiger partial charge in [0.1, 0.15) is 18.0 Å². The van der Waals surface area contributed by atoms with Crippen LogP contribution in [0.1, 0.15) is 0 Å². The monoisotopic (exact) mass is 398 g/mol. The molecule has 0 saturated heterocycles. The van der Waals surface area contributed by atoms with Crippen molar-refractivity contribution in [3.63, 3.8) is 0 Å². The van der Waals surface area contributed by atoms with Gasteiger partial charge in [-0.05, 0) is 54.6 Å². The van der Waals surface area contributed by atoms with Gasteiger partial charge >= 0.3 is 0 Å². The van der Waals surface area contributed by atoms with Gasteiger partial charge in [-0.2, -0.15) is 5.10 Å². The second-order valence-electron chi connectivity index (χ2n) is 6.44. The van der Waals surface area contributed by atoms with E-state index in [-0.39, 0.29) is 18.0 Å². The van der Waals surface area contributed by atoms with Crippen LogP contribution in [0.2, 0.25) is 0 Å². The largest absolute Gasteiger partial charge is 0.457 e. The summed E-state index contributed by atoms with van der Waals surface area (Å²) in [7, 11) is 0. The zero-order chi connectivity index (χ0) is 20.8. The highest BCUT2D eigenvalue weighted by Crippen LogP contribution is 2.22. The van der Waals surface area contributed by atoms with Gasteiger partial charge in [-0.15, -0.1) is 0 Å². The summed E-state index contributed by atoms with van der Waals surface area (Å²) in [5, 5.41) is 7.04. The molecule has 0 bridgehead atoms. The molecule has 0 atom stereocenters. The highest BCUT2D eigenvalue weighted by atomic mass is 16.5. The molecule has 4 aromatic rings. The van der Waals surface area contributed by atoms with Crippen molar-refractivity contribution in [2.45, 2.75) is 6.54 Å². The van der Waals surface area contributed by atoms with Crippen LogP contribution in [0.25, 0.3) is 11.3 Å². The van der Waals surface area contributed by atoms with Crippen molar-refractivity contribution < 1.29 is 9.53 Å². The summed E-state index contributed by atoms with van der Waals surface area (Å²) in [6.45, 7) is -0.194. The molecular weight excluding hydrogens is 380 g/mol. The van der Waals surface area contributed by atoms with Crippen LogP contribution < -0.4 is 15.6 Å². The summed E-state index contributed by atoms with van der Waals surface area (Å²) < 4.78 is 6.87. The third-order valence-electron chi connectivity index (χ3n) is 4.25. The number of benzene rings is 2. The minimum Gasteiger partial charge on any atom is -0.457 e. The number of amides is 1. The second kappa shape index (κ2) is 8.83. The van der Waals surface area contributed by atoms with Crippen molar-refractivity contribution in [3.8, 4) is 22.8 Å². The van der Waals surface area contributed by atoms with E-state index in [1.165, 1.54) is 6.07 Å². The molecule has 30 heavy (non-hydrogen) atoms. The number of ether oxygens (including phenoxy) is 1. The molecular formula is C23H18N4O3. The Labute approximate surface area is 172 Å². The Balaban J connectivity index is 1.42. The first-order valence-corrected chi connectivity index (χ1v) is 9.29. The molecule has 2 aromatic heterocycles. The molecule has 1 N–H and O–H groups in total. The van der Waals surface area contributed by atoms with Gasteiger partial charge in [0.15, 0.2) is 0 Å². The van der Waals surface area contributed by atoms with Crippen LogP contribution in [-0.4, -0.2) is 20.7 Å². The Morgan fingerprint density at radius 2 is 1.57 bits per heavy atom. The molecule has 0 saturated carbocycles. The van der Waals surface area contributed by atoms with E-state index in [4.69, 9.17) is 4.74 Å². The van der Waals surface area contributed by atoms with Gasteiger partial charge < -0.3 is 10.1 Å². The van der Waals surface area contributed by atoms with E-state index in [1.807, 2.05) is 30.3 Å². The molecule has 0 aliphatic heterocycles. The fraction of sp³-hybridized carbons (Fsp3) is 0.0435. The lowest BCUT2D eigenvalue weighted by Gasteiger charge is -2.09. The van der Waals surface area contributed by atoms with Crippen LogP contribution in [0, 0.1) is 0 Å². The van der Waals surface area contributed by atoms with Crippen LogP contribution in [0.3, 0.4) is 0 Å². The highest BCUT2D eigenvalue weighted by molar-refractivity contribution is 5.90. The van der Waals surface area contributed by atoms with Gasteiger partial charge in [0.25, 0.3) is 5.56 Å². The van der Waals surface area contributed by atoms with Gasteiger partial charge in [0.2, 0.25) is 5.91 Å². The summed E-state index contributed by atoms with van der Waals surface area (Å²) in [6.07, 6.45) is 3.29. The van der Waals surface area contributed by atoms with E-state index in [2.05, 4.69) is 15.4 Å². The van der Waals surface area contributed by atoms with Gasteiger partial charge in [-0.25, -0.2) is 4.68 Å². The molecule has 7 heteroatoms. The van der Waals surface area contributed by atoms with Crippen LogP contribution in [-0.2, 0) is 11.3 Å². The minimum atomic E-state index is -0.354. The van der Waals surface area contributed by atoms with E-state index in [1.54, 1.807) is 54.9 Å². The Bertz CT molecular complexity index is 1190. The molecule has 148 valence electrons. The number of para-hydroxylation sites is 1. The molecule has 0 radical (unpaired) electrons. The molecule has 0 aliphatic rings. The summed E-state index contributed by atoms with van der Waals surface area (Å²) in [4.78, 5) is 28.5. The van der Waals surface area contributed by atoms with Gasteiger partial charge in [-0.3, -0.25) is 14.6 Å². The van der Waals surface area contributed by atoms with E-state index in [0.717, 1.165) is 16.0 Å². The van der Waals surface area contributed by atoms with Crippen molar-refractivity contribution >= 4 is 11.6 Å². The fourth-order valence-corrected chi connectivity index (χ4v) is 2.81. The first-order chi connectivity index (χ1) is 14.7. The van der Waals surface area contributed by atoms with Crippen molar-refractivity contribution in [2.75, 3.05) is 5.32 Å². The van der Waals surface area contributed by atoms with Crippen LogP contribution in [0.4, 0.5) is 5.69 Å². The normalized spacial score (nSPS) is 10.4. The lowest BCUT2D eigenvalue weighted by Crippen LogP contribution is -2.29. The van der Waals surface area contributed by atoms with Crippen LogP contribution >= 0.6 is 0 Å². The summed E-state index contributed by atoms with van der Waals surface area (Å²) in [6, 6.07) is 23.0. The van der Waals surface area contributed by atoms with E-state index < -0.39 is 0 Å². The summed E-state index contributed by atoms with van der Waals surface area (Å²) >= 11 is 0. The molecule has 0 fully saturated rings. The zero-order valence-electron chi connectivity index (χ0n) is 15.9. The first-order valence-electron chi connectivity index (χ1n) is 9.29. The molecule has 0 aliphatic carbocycles. The van der Waals surface area contributed by atoms with Gasteiger partial charge in [0, 0.05) is 29.7 Å². The molecule has 7 nitrogen and oxygen atoms in total. The Hall–Kier alpha value is -4.26. The topological polar surface area (TPSA) is 86.1 Å². The molecule has 0 unspecified atom stereocenters. The van der Waals surface area contributed by atoms with Gasteiger partial charge in [0.05, 0.1) is 5.69 Å². The third-order valence-corrected chi connectivity index (χ3v) is 4.25. The average Bonchev–Trinajstić information content (AvgIpc) is 2.78. The number of carbonyl (C=O) groups excluding carboxylic acids is 1. The number of anilines is 1. The number of pyridine rings is 1. The summed E-state index contributed by atoms with van der Waals surface area (Å²) in [5.41, 5.74) is 1.65. The molecule has 2 aromatic carbocycles. The smallest absolute Gasteiger partial charge is 0.267 e. The summed E-state index contributed by atoms with van der Waals surface area (Å²) in [5.74, 6) is 1.03. The SMILES string of the molecule is O=C(Cn1nc(-c2ccncc2)ccc1=O)Nc1ccc(Oc2ccccc2)cc1. The van der Waals surface area contributed by atoms with Crippen LogP contribution in [0.15, 0.2) is 96.1 Å². The third kappa shape index (κ3) is 4.77. The fourth-order valence-electron chi connectivity index (χ4n) is 2.81. The van der Waals surface area contributed by atoms with E-state index >= 15 is 0 Å². The maximum absolute atomic E-state index is 12.4. The maximum Gasteiger partial charge on any atom is 0.267 e. The van der Waals surface area contributed by atoms with Crippen molar-refractivity contribution in [1.29, 1.82) is 0 Å². The number of nitrogens with zero attached hydrogens (tertiary/aromatic N) is 3. The molecule has 0 spiro atoms. The Kier molecular flexibility index (Phi) is 5.61. The predicted octanol–water partition coefficient (Wildman–Crippen LogP) is 3.74.